The van der Waals surface area contributed by atoms with Gasteiger partial charge in [-0.2, -0.15) is 0 Å². The van der Waals surface area contributed by atoms with Gasteiger partial charge in [0.05, 0.1) is 11.3 Å². The molecule has 2 rings (SSSR count). The van der Waals surface area contributed by atoms with Crippen molar-refractivity contribution in [3.63, 3.8) is 0 Å². The minimum Gasteiger partial charge on any atom is -0.481 e. The van der Waals surface area contributed by atoms with Crippen LogP contribution in [-0.4, -0.2) is 21.9 Å². The number of nitro benzene ring substituents is 1. The number of amides is 1. The highest BCUT2D eigenvalue weighted by Crippen LogP contribution is 2.44. The third kappa shape index (κ3) is 3.81. The molecule has 1 amide bonds. The van der Waals surface area contributed by atoms with Crippen molar-refractivity contribution in [2.45, 2.75) is 38.5 Å². The molecular weight excluding hydrogens is 288 g/mol. The van der Waals surface area contributed by atoms with Crippen LogP contribution in [0.5, 0.6) is 0 Å². The van der Waals surface area contributed by atoms with Gasteiger partial charge in [-0.05, 0) is 24.3 Å². The predicted octanol–water partition coefficient (Wildman–Crippen LogP) is 2.96. The van der Waals surface area contributed by atoms with E-state index in [2.05, 4.69) is 5.32 Å². The average Bonchev–Trinajstić information content (AvgIpc) is 2.85. The number of rotatable bonds is 6. The second-order valence-corrected chi connectivity index (χ2v) is 5.78. The van der Waals surface area contributed by atoms with Gasteiger partial charge in [-0.25, -0.2) is 0 Å². The maximum absolute atomic E-state index is 12.2. The van der Waals surface area contributed by atoms with Gasteiger partial charge in [0.25, 0.3) is 5.69 Å². The molecule has 0 bridgehead atoms. The van der Waals surface area contributed by atoms with Crippen LogP contribution in [0, 0.1) is 15.5 Å². The maximum Gasteiger partial charge on any atom is 0.303 e. The number of nitrogens with zero attached hydrogens (tertiary/aromatic N) is 1. The summed E-state index contributed by atoms with van der Waals surface area (Å²) < 4.78 is 0. The van der Waals surface area contributed by atoms with Crippen molar-refractivity contribution < 1.29 is 19.6 Å². The van der Waals surface area contributed by atoms with Gasteiger partial charge < -0.3 is 10.4 Å². The van der Waals surface area contributed by atoms with Crippen molar-refractivity contribution in [3.8, 4) is 0 Å². The van der Waals surface area contributed by atoms with E-state index in [1.165, 1.54) is 18.2 Å². The van der Waals surface area contributed by atoms with E-state index in [1.807, 2.05) is 0 Å². The summed E-state index contributed by atoms with van der Waals surface area (Å²) in [5.41, 5.74) is -0.560. The van der Waals surface area contributed by atoms with Crippen LogP contribution in [-0.2, 0) is 9.59 Å². The Hall–Kier alpha value is -2.44. The predicted molar refractivity (Wildman–Crippen MR) is 79.5 cm³/mol. The lowest BCUT2D eigenvalue weighted by Crippen LogP contribution is -2.27. The molecule has 0 heterocycles. The van der Waals surface area contributed by atoms with Crippen molar-refractivity contribution in [3.05, 3.63) is 34.4 Å². The third-order valence-electron chi connectivity index (χ3n) is 4.10. The summed E-state index contributed by atoms with van der Waals surface area (Å²) in [7, 11) is 0. The lowest BCUT2D eigenvalue weighted by Gasteiger charge is -2.26. The molecule has 0 aromatic heterocycles. The van der Waals surface area contributed by atoms with E-state index in [1.54, 1.807) is 6.07 Å². The number of carbonyl (C=O) groups is 2. The maximum atomic E-state index is 12.2. The molecule has 1 fully saturated rings. The highest BCUT2D eigenvalue weighted by atomic mass is 16.6. The number of nitrogens with one attached hydrogen (secondary N) is 1. The van der Waals surface area contributed by atoms with Crippen LogP contribution >= 0.6 is 0 Å². The summed E-state index contributed by atoms with van der Waals surface area (Å²) >= 11 is 0. The molecule has 7 heteroatoms. The fourth-order valence-electron chi connectivity index (χ4n) is 3.14. The van der Waals surface area contributed by atoms with Crippen LogP contribution in [0.4, 0.5) is 11.4 Å². The molecule has 1 aliphatic carbocycles. The molecule has 0 radical (unpaired) electrons. The zero-order valence-corrected chi connectivity index (χ0v) is 12.1. The fraction of sp³-hybridized carbons (Fsp3) is 0.467. The van der Waals surface area contributed by atoms with Gasteiger partial charge in [0.1, 0.15) is 5.69 Å². The average molecular weight is 306 g/mol. The third-order valence-corrected chi connectivity index (χ3v) is 4.10. The van der Waals surface area contributed by atoms with E-state index in [-0.39, 0.29) is 30.1 Å². The van der Waals surface area contributed by atoms with Crippen LogP contribution in [0.15, 0.2) is 24.3 Å². The molecule has 1 aliphatic rings. The number of para-hydroxylation sites is 2. The number of hydrogen-bond acceptors (Lipinski definition) is 4. The fourth-order valence-corrected chi connectivity index (χ4v) is 3.14. The molecule has 7 nitrogen and oxygen atoms in total. The molecule has 1 saturated carbocycles. The molecule has 0 aliphatic heterocycles. The van der Waals surface area contributed by atoms with Crippen molar-refractivity contribution >= 4 is 23.3 Å². The highest BCUT2D eigenvalue weighted by molar-refractivity contribution is 5.93. The topological polar surface area (TPSA) is 110 Å². The summed E-state index contributed by atoms with van der Waals surface area (Å²) in [4.78, 5) is 33.6. The van der Waals surface area contributed by atoms with E-state index in [4.69, 9.17) is 5.11 Å². The summed E-state index contributed by atoms with van der Waals surface area (Å²) in [6.45, 7) is 0. The molecule has 118 valence electrons. The van der Waals surface area contributed by atoms with Crippen LogP contribution < -0.4 is 5.32 Å². The van der Waals surface area contributed by atoms with E-state index < -0.39 is 16.3 Å². The van der Waals surface area contributed by atoms with Crippen LogP contribution in [0.3, 0.4) is 0 Å². The number of anilines is 1. The molecular formula is C15H18N2O5. The second kappa shape index (κ2) is 6.55. The van der Waals surface area contributed by atoms with Gasteiger partial charge >= 0.3 is 5.97 Å². The molecule has 0 atom stereocenters. The van der Waals surface area contributed by atoms with Crippen LogP contribution in [0.2, 0.25) is 0 Å². The Bertz CT molecular complexity index is 593. The largest absolute Gasteiger partial charge is 0.481 e. The summed E-state index contributed by atoms with van der Waals surface area (Å²) in [6.07, 6.45) is 3.24. The summed E-state index contributed by atoms with van der Waals surface area (Å²) in [6, 6.07) is 5.91. The lowest BCUT2D eigenvalue weighted by molar-refractivity contribution is -0.383. The smallest absolute Gasteiger partial charge is 0.303 e. The first-order chi connectivity index (χ1) is 10.4. The van der Waals surface area contributed by atoms with Gasteiger partial charge in [0.15, 0.2) is 0 Å². The first-order valence-corrected chi connectivity index (χ1v) is 7.17. The van der Waals surface area contributed by atoms with Gasteiger partial charge in [-0.3, -0.25) is 19.7 Å². The number of carbonyl (C=O) groups excluding carboxylic acids is 1. The Morgan fingerprint density at radius 2 is 1.86 bits per heavy atom. The normalized spacial score (nSPS) is 16.2. The Balaban J connectivity index is 2.09. The number of benzene rings is 1. The zero-order chi connectivity index (χ0) is 16.2. The van der Waals surface area contributed by atoms with Crippen molar-refractivity contribution in [2.24, 2.45) is 5.41 Å². The summed E-state index contributed by atoms with van der Waals surface area (Å²) in [5.74, 6) is -1.29. The lowest BCUT2D eigenvalue weighted by atomic mass is 9.79. The number of hydrogen-bond donors (Lipinski definition) is 2. The Morgan fingerprint density at radius 1 is 1.23 bits per heavy atom. The Morgan fingerprint density at radius 3 is 2.45 bits per heavy atom. The van der Waals surface area contributed by atoms with Crippen LogP contribution in [0.25, 0.3) is 0 Å². The molecule has 0 saturated heterocycles. The minimum atomic E-state index is -0.916. The second-order valence-electron chi connectivity index (χ2n) is 5.78. The molecule has 1 aromatic rings. The van der Waals surface area contributed by atoms with Gasteiger partial charge in [0.2, 0.25) is 5.91 Å². The number of carboxylic acid groups (broad SMARTS) is 1. The molecule has 22 heavy (non-hydrogen) atoms. The van der Waals surface area contributed by atoms with E-state index in [0.29, 0.717) is 12.8 Å². The number of aliphatic carboxylic acids is 1. The van der Waals surface area contributed by atoms with Gasteiger partial charge in [0, 0.05) is 12.5 Å². The van der Waals surface area contributed by atoms with Gasteiger partial charge in [-0.1, -0.05) is 25.0 Å². The monoisotopic (exact) mass is 306 g/mol. The van der Waals surface area contributed by atoms with E-state index in [0.717, 1.165) is 12.8 Å². The van der Waals surface area contributed by atoms with E-state index in [9.17, 15) is 19.7 Å². The minimum absolute atomic E-state index is 0.0443. The molecule has 0 spiro atoms. The number of carboxylic acids is 1. The SMILES string of the molecule is O=C(O)CC1(CC(=O)Nc2ccccc2[N+](=O)[O-])CCCC1. The Labute approximate surface area is 127 Å². The quantitative estimate of drug-likeness (QED) is 0.620. The first kappa shape index (κ1) is 15.9. The standard InChI is InChI=1S/C15H18N2O5/c18-13(9-15(10-14(19)20)7-3-4-8-15)16-11-5-1-2-6-12(11)17(21)22/h1-2,5-6H,3-4,7-10H2,(H,16,18)(H,19,20). The molecule has 0 unspecified atom stereocenters. The highest BCUT2D eigenvalue weighted by Gasteiger charge is 2.38. The van der Waals surface area contributed by atoms with Crippen LogP contribution in [0.1, 0.15) is 38.5 Å². The van der Waals surface area contributed by atoms with Crippen molar-refractivity contribution in [1.82, 2.24) is 0 Å². The van der Waals surface area contributed by atoms with E-state index >= 15 is 0 Å². The Kier molecular flexibility index (Phi) is 4.75. The zero-order valence-electron chi connectivity index (χ0n) is 12.1. The first-order valence-electron chi connectivity index (χ1n) is 7.17. The van der Waals surface area contributed by atoms with Crippen molar-refractivity contribution in [2.75, 3.05) is 5.32 Å². The molecule has 2 N–H and O–H groups in total. The summed E-state index contributed by atoms with van der Waals surface area (Å²) in [5, 5.41) is 22.5. The van der Waals surface area contributed by atoms with Gasteiger partial charge in [-0.15, -0.1) is 0 Å². The van der Waals surface area contributed by atoms with Crippen molar-refractivity contribution in [1.29, 1.82) is 0 Å². The molecule has 1 aromatic carbocycles. The number of nitro groups is 1.